The van der Waals surface area contributed by atoms with Crippen LogP contribution in [0.2, 0.25) is 0 Å². The average Bonchev–Trinajstić information content (AvgIpc) is 2.49. The summed E-state index contributed by atoms with van der Waals surface area (Å²) in [6.45, 7) is 7.83. The molecule has 2 rings (SSSR count). The molecule has 0 bridgehead atoms. The van der Waals surface area contributed by atoms with Crippen LogP contribution < -0.4 is 16.0 Å². The summed E-state index contributed by atoms with van der Waals surface area (Å²) in [6.07, 6.45) is 3.24. The number of nitrogens with one attached hydrogen (secondary N) is 1. The Balaban J connectivity index is 1.96. The minimum Gasteiger partial charge on any atom is -0.354 e. The summed E-state index contributed by atoms with van der Waals surface area (Å²) in [5.74, 6) is 0.790. The Morgan fingerprint density at radius 2 is 2.05 bits per heavy atom. The van der Waals surface area contributed by atoms with Gasteiger partial charge in [0.25, 0.3) is 0 Å². The number of hydrogen-bond donors (Lipinski definition) is 2. The molecule has 1 saturated heterocycles. The fraction of sp³-hybridized carbons (Fsp3) is 0.625. The molecule has 122 valence electrons. The van der Waals surface area contributed by atoms with Crippen molar-refractivity contribution in [3.05, 3.63) is 18.3 Å². The van der Waals surface area contributed by atoms with Gasteiger partial charge in [0.05, 0.1) is 17.4 Å². The normalized spacial score (nSPS) is 18.8. The highest BCUT2D eigenvalue weighted by molar-refractivity contribution is 5.97. The first-order valence-corrected chi connectivity index (χ1v) is 7.92. The summed E-state index contributed by atoms with van der Waals surface area (Å²) in [4.78, 5) is 21.2. The van der Waals surface area contributed by atoms with Crippen molar-refractivity contribution in [2.45, 2.75) is 32.2 Å². The van der Waals surface area contributed by atoms with Crippen molar-refractivity contribution in [2.75, 3.05) is 43.4 Å². The largest absolute Gasteiger partial charge is 0.354 e. The third-order valence-corrected chi connectivity index (χ3v) is 4.12. The third-order valence-electron chi connectivity index (χ3n) is 4.12. The van der Waals surface area contributed by atoms with Crippen LogP contribution in [0.4, 0.5) is 11.5 Å². The number of carbonyl (C=O) groups excluding carboxylic acids is 1. The van der Waals surface area contributed by atoms with Gasteiger partial charge >= 0.3 is 0 Å². The second-order valence-corrected chi connectivity index (χ2v) is 6.32. The Kier molecular flexibility index (Phi) is 5.37. The standard InChI is InChI=1S/C16H27N5O/c1-4-7-16(2,17)15(22)19-13-5-6-14(18-12-13)21-10-8-20(3)9-11-21/h5-6,12H,4,7-11,17H2,1-3H3,(H,19,22). The molecule has 1 aromatic rings. The molecule has 0 spiro atoms. The van der Waals surface area contributed by atoms with Crippen molar-refractivity contribution >= 4 is 17.4 Å². The lowest BCUT2D eigenvalue weighted by atomic mass is 9.96. The lowest BCUT2D eigenvalue weighted by molar-refractivity contribution is -0.120. The van der Waals surface area contributed by atoms with Gasteiger partial charge < -0.3 is 20.9 Å². The zero-order chi connectivity index (χ0) is 16.2. The van der Waals surface area contributed by atoms with Crippen LogP contribution in [0.25, 0.3) is 0 Å². The number of amides is 1. The molecular formula is C16H27N5O. The molecule has 6 heteroatoms. The summed E-state index contributed by atoms with van der Waals surface area (Å²) in [5, 5.41) is 2.85. The van der Waals surface area contributed by atoms with E-state index in [1.54, 1.807) is 13.1 Å². The van der Waals surface area contributed by atoms with E-state index in [-0.39, 0.29) is 5.91 Å². The molecule has 1 aromatic heterocycles. The molecule has 2 heterocycles. The summed E-state index contributed by atoms with van der Waals surface area (Å²) in [7, 11) is 2.13. The Labute approximate surface area is 132 Å². The van der Waals surface area contributed by atoms with Crippen LogP contribution in [0.1, 0.15) is 26.7 Å². The Bertz CT molecular complexity index is 492. The van der Waals surface area contributed by atoms with Gasteiger partial charge in [-0.1, -0.05) is 13.3 Å². The van der Waals surface area contributed by atoms with E-state index in [1.165, 1.54) is 0 Å². The van der Waals surface area contributed by atoms with Gasteiger partial charge in [-0.25, -0.2) is 4.98 Å². The van der Waals surface area contributed by atoms with Crippen molar-refractivity contribution in [1.82, 2.24) is 9.88 Å². The molecular weight excluding hydrogens is 278 g/mol. The van der Waals surface area contributed by atoms with Crippen LogP contribution in [-0.4, -0.2) is 54.6 Å². The van der Waals surface area contributed by atoms with Crippen LogP contribution in [-0.2, 0) is 4.79 Å². The lowest BCUT2D eigenvalue weighted by Gasteiger charge is -2.33. The second kappa shape index (κ2) is 7.07. The smallest absolute Gasteiger partial charge is 0.244 e. The summed E-state index contributed by atoms with van der Waals surface area (Å²) in [5.41, 5.74) is 5.88. The first-order chi connectivity index (χ1) is 10.4. The Morgan fingerprint density at radius 3 is 2.59 bits per heavy atom. The molecule has 0 aliphatic carbocycles. The van der Waals surface area contributed by atoms with Gasteiger partial charge in [0.15, 0.2) is 0 Å². The first-order valence-electron chi connectivity index (χ1n) is 7.92. The molecule has 22 heavy (non-hydrogen) atoms. The molecule has 0 radical (unpaired) electrons. The number of likely N-dealkylation sites (N-methyl/N-ethyl adjacent to an activating group) is 1. The van der Waals surface area contributed by atoms with Gasteiger partial charge in [-0.3, -0.25) is 4.79 Å². The predicted octanol–water partition coefficient (Wildman–Crippen LogP) is 1.29. The maximum atomic E-state index is 12.2. The highest BCUT2D eigenvalue weighted by Gasteiger charge is 2.27. The van der Waals surface area contributed by atoms with Gasteiger partial charge in [-0.2, -0.15) is 0 Å². The number of anilines is 2. The zero-order valence-corrected chi connectivity index (χ0v) is 13.8. The number of piperazine rings is 1. The molecule has 1 fully saturated rings. The minimum absolute atomic E-state index is 0.163. The Hall–Kier alpha value is -1.66. The SMILES string of the molecule is CCCC(C)(N)C(=O)Nc1ccc(N2CCN(C)CC2)nc1. The zero-order valence-electron chi connectivity index (χ0n) is 13.8. The molecule has 6 nitrogen and oxygen atoms in total. The maximum Gasteiger partial charge on any atom is 0.244 e. The van der Waals surface area contributed by atoms with Crippen LogP contribution in [0.5, 0.6) is 0 Å². The van der Waals surface area contributed by atoms with E-state index < -0.39 is 5.54 Å². The van der Waals surface area contributed by atoms with Crippen LogP contribution in [0, 0.1) is 0 Å². The second-order valence-electron chi connectivity index (χ2n) is 6.32. The first kappa shape index (κ1) is 16.7. The number of hydrogen-bond acceptors (Lipinski definition) is 5. The summed E-state index contributed by atoms with van der Waals surface area (Å²) in [6, 6.07) is 3.84. The van der Waals surface area contributed by atoms with E-state index in [1.807, 2.05) is 19.1 Å². The molecule has 1 atom stereocenters. The highest BCUT2D eigenvalue weighted by Crippen LogP contribution is 2.17. The fourth-order valence-electron chi connectivity index (χ4n) is 2.59. The molecule has 1 amide bonds. The van der Waals surface area contributed by atoms with Crippen LogP contribution in [0.15, 0.2) is 18.3 Å². The molecule has 0 aromatic carbocycles. The quantitative estimate of drug-likeness (QED) is 0.857. The third kappa shape index (κ3) is 4.18. The number of aromatic nitrogens is 1. The number of carbonyl (C=O) groups is 1. The number of nitrogens with zero attached hydrogens (tertiary/aromatic N) is 3. The molecule has 1 aliphatic heterocycles. The minimum atomic E-state index is -0.842. The van der Waals surface area contributed by atoms with E-state index in [4.69, 9.17) is 5.73 Å². The van der Waals surface area contributed by atoms with Crippen LogP contribution >= 0.6 is 0 Å². The molecule has 1 unspecified atom stereocenters. The van der Waals surface area contributed by atoms with E-state index in [9.17, 15) is 4.79 Å². The Morgan fingerprint density at radius 1 is 1.36 bits per heavy atom. The summed E-state index contributed by atoms with van der Waals surface area (Å²) < 4.78 is 0. The van der Waals surface area contributed by atoms with Gasteiger partial charge in [0.1, 0.15) is 5.82 Å². The fourth-order valence-corrected chi connectivity index (χ4v) is 2.59. The van der Waals surface area contributed by atoms with Crippen molar-refractivity contribution in [2.24, 2.45) is 5.73 Å². The monoisotopic (exact) mass is 305 g/mol. The van der Waals surface area contributed by atoms with Gasteiger partial charge in [-0.15, -0.1) is 0 Å². The predicted molar refractivity (Wildman–Crippen MR) is 90.1 cm³/mol. The number of rotatable bonds is 5. The van der Waals surface area contributed by atoms with E-state index in [0.717, 1.165) is 38.4 Å². The molecule has 3 N–H and O–H groups in total. The number of nitrogens with two attached hydrogens (primary N) is 1. The van der Waals surface area contributed by atoms with Gasteiger partial charge in [0, 0.05) is 26.2 Å². The molecule has 1 aliphatic rings. The van der Waals surface area contributed by atoms with Crippen molar-refractivity contribution < 1.29 is 4.79 Å². The highest BCUT2D eigenvalue weighted by atomic mass is 16.2. The van der Waals surface area contributed by atoms with Crippen molar-refractivity contribution in [3.8, 4) is 0 Å². The summed E-state index contributed by atoms with van der Waals surface area (Å²) >= 11 is 0. The van der Waals surface area contributed by atoms with Crippen molar-refractivity contribution in [1.29, 1.82) is 0 Å². The topological polar surface area (TPSA) is 74.5 Å². The average molecular weight is 305 g/mol. The molecule has 0 saturated carbocycles. The van der Waals surface area contributed by atoms with Crippen molar-refractivity contribution in [3.63, 3.8) is 0 Å². The van der Waals surface area contributed by atoms with E-state index >= 15 is 0 Å². The lowest BCUT2D eigenvalue weighted by Crippen LogP contribution is -2.48. The van der Waals surface area contributed by atoms with E-state index in [2.05, 4.69) is 27.1 Å². The maximum absolute atomic E-state index is 12.2. The van der Waals surface area contributed by atoms with Gasteiger partial charge in [0.2, 0.25) is 5.91 Å². The van der Waals surface area contributed by atoms with Gasteiger partial charge in [-0.05, 0) is 32.5 Å². The number of pyridine rings is 1. The van der Waals surface area contributed by atoms with Crippen LogP contribution in [0.3, 0.4) is 0 Å². The van der Waals surface area contributed by atoms with E-state index in [0.29, 0.717) is 12.1 Å².